The van der Waals surface area contributed by atoms with Gasteiger partial charge in [0.15, 0.2) is 5.16 Å². The van der Waals surface area contributed by atoms with Gasteiger partial charge in [0.2, 0.25) is 0 Å². The molecule has 0 saturated heterocycles. The van der Waals surface area contributed by atoms with Crippen molar-refractivity contribution in [2.45, 2.75) is 63.7 Å². The van der Waals surface area contributed by atoms with E-state index in [-0.39, 0.29) is 11.2 Å². The molecule has 0 amide bonds. The molecule has 0 bridgehead atoms. The summed E-state index contributed by atoms with van der Waals surface area (Å²) in [5.74, 6) is 0. The Hall–Kier alpha value is -1.63. The quantitative estimate of drug-likeness (QED) is 0.453. The molecule has 1 aliphatic rings. The fourth-order valence-corrected chi connectivity index (χ4v) is 5.47. The first-order valence-corrected chi connectivity index (χ1v) is 10.9. The Labute approximate surface area is 167 Å². The second kappa shape index (κ2) is 6.76. The van der Waals surface area contributed by atoms with Gasteiger partial charge in [-0.25, -0.2) is 4.98 Å². The lowest BCUT2D eigenvalue weighted by atomic mass is 9.94. The van der Waals surface area contributed by atoms with Crippen LogP contribution in [0, 0.1) is 6.92 Å². The minimum Gasteiger partial charge on any atom is -0.370 e. The average molecular weight is 401 g/mol. The zero-order chi connectivity index (χ0) is 19.3. The number of fused-ring (bicyclic) bond motifs is 3. The number of ether oxygens (including phenoxy) is 1. The van der Waals surface area contributed by atoms with Gasteiger partial charge in [-0.05, 0) is 44.0 Å². The van der Waals surface area contributed by atoms with Gasteiger partial charge in [-0.1, -0.05) is 37.7 Å². The van der Waals surface area contributed by atoms with Crippen molar-refractivity contribution in [3.8, 4) is 5.69 Å². The van der Waals surface area contributed by atoms with Crippen molar-refractivity contribution in [2.75, 3.05) is 0 Å². The summed E-state index contributed by atoms with van der Waals surface area (Å²) in [4.78, 5) is 20.6. The van der Waals surface area contributed by atoms with E-state index in [1.165, 1.54) is 0 Å². The molecule has 0 atom stereocenters. The molecule has 0 saturated carbocycles. The molecule has 3 heterocycles. The number of benzene rings is 1. The third-order valence-corrected chi connectivity index (χ3v) is 6.73. The van der Waals surface area contributed by atoms with Crippen LogP contribution >= 0.6 is 23.1 Å². The topological polar surface area (TPSA) is 44.1 Å². The van der Waals surface area contributed by atoms with Gasteiger partial charge in [0.05, 0.1) is 23.3 Å². The molecule has 27 heavy (non-hydrogen) atoms. The van der Waals surface area contributed by atoms with E-state index in [1.54, 1.807) is 27.7 Å². The summed E-state index contributed by atoms with van der Waals surface area (Å²) in [6.07, 6.45) is 0.740. The summed E-state index contributed by atoms with van der Waals surface area (Å²) in [7, 11) is 0. The van der Waals surface area contributed by atoms with E-state index in [4.69, 9.17) is 9.72 Å². The lowest BCUT2D eigenvalue weighted by Crippen LogP contribution is -2.32. The van der Waals surface area contributed by atoms with E-state index < -0.39 is 0 Å². The minimum absolute atomic E-state index is 0.0314. The Bertz CT molecular complexity index is 1080. The van der Waals surface area contributed by atoms with Crippen LogP contribution in [-0.2, 0) is 17.8 Å². The first-order chi connectivity index (χ1) is 12.7. The van der Waals surface area contributed by atoms with E-state index in [9.17, 15) is 4.79 Å². The highest BCUT2D eigenvalue weighted by atomic mass is 32.2. The van der Waals surface area contributed by atoms with Crippen molar-refractivity contribution in [1.82, 2.24) is 9.55 Å². The lowest BCUT2D eigenvalue weighted by Gasteiger charge is -2.30. The van der Waals surface area contributed by atoms with Gasteiger partial charge >= 0.3 is 0 Å². The van der Waals surface area contributed by atoms with E-state index >= 15 is 0 Å². The number of aromatic nitrogens is 2. The predicted molar refractivity (Wildman–Crippen MR) is 114 cm³/mol. The van der Waals surface area contributed by atoms with Crippen LogP contribution in [0.2, 0.25) is 0 Å². The standard InChI is InChI=1S/C21H24N2O2S2/c1-12(2)26-20-22-18-17(15-10-21(4,5)25-11-16(15)27-18)19(24)23(20)14-8-6-7-13(3)9-14/h6-9,12H,10-11H2,1-5H3. The van der Waals surface area contributed by atoms with E-state index in [1.807, 2.05) is 31.2 Å². The minimum atomic E-state index is -0.257. The van der Waals surface area contributed by atoms with Crippen molar-refractivity contribution in [3.05, 3.63) is 50.6 Å². The molecule has 0 spiro atoms. The molecule has 6 heteroatoms. The maximum atomic E-state index is 13.7. The van der Waals surface area contributed by atoms with Crippen molar-refractivity contribution in [3.63, 3.8) is 0 Å². The van der Waals surface area contributed by atoms with E-state index in [0.717, 1.165) is 43.5 Å². The number of thiophene rings is 1. The summed E-state index contributed by atoms with van der Waals surface area (Å²) in [6, 6.07) is 8.07. The smallest absolute Gasteiger partial charge is 0.267 e. The molecule has 0 N–H and O–H groups in total. The Morgan fingerprint density at radius 1 is 1.33 bits per heavy atom. The second-order valence-corrected chi connectivity index (χ2v) is 10.6. The number of hydrogen-bond acceptors (Lipinski definition) is 5. The SMILES string of the molecule is Cc1cccc(-n2c(SC(C)C)nc3sc4c(c3c2=O)CC(C)(C)OC4)c1. The largest absolute Gasteiger partial charge is 0.370 e. The fraction of sp³-hybridized carbons (Fsp3) is 0.429. The average Bonchev–Trinajstić information content (AvgIpc) is 2.91. The van der Waals surface area contributed by atoms with Gasteiger partial charge in [-0.15, -0.1) is 11.3 Å². The normalized spacial score (nSPS) is 16.1. The Morgan fingerprint density at radius 3 is 2.81 bits per heavy atom. The van der Waals surface area contributed by atoms with Gasteiger partial charge in [0.25, 0.3) is 5.56 Å². The highest BCUT2D eigenvalue weighted by molar-refractivity contribution is 7.99. The predicted octanol–water partition coefficient (Wildman–Crippen LogP) is 5.11. The lowest BCUT2D eigenvalue weighted by molar-refractivity contribution is -0.0379. The van der Waals surface area contributed by atoms with Crippen LogP contribution in [0.15, 0.2) is 34.2 Å². The third kappa shape index (κ3) is 3.46. The Balaban J connectivity index is 2.02. The summed E-state index contributed by atoms with van der Waals surface area (Å²) < 4.78 is 7.74. The van der Waals surface area contributed by atoms with Gasteiger partial charge in [0, 0.05) is 16.5 Å². The molecular weight excluding hydrogens is 376 g/mol. The number of nitrogens with zero attached hydrogens (tertiary/aromatic N) is 2. The molecule has 4 nitrogen and oxygen atoms in total. The van der Waals surface area contributed by atoms with Crippen LogP contribution in [0.4, 0.5) is 0 Å². The maximum Gasteiger partial charge on any atom is 0.267 e. The maximum absolute atomic E-state index is 13.7. The molecule has 2 aromatic heterocycles. The van der Waals surface area contributed by atoms with Gasteiger partial charge < -0.3 is 4.74 Å². The molecule has 0 radical (unpaired) electrons. The van der Waals surface area contributed by atoms with E-state index in [0.29, 0.717) is 11.9 Å². The van der Waals surface area contributed by atoms with E-state index in [2.05, 4.69) is 27.7 Å². The van der Waals surface area contributed by atoms with Gasteiger partial charge in [-0.2, -0.15) is 0 Å². The van der Waals surface area contributed by atoms with Gasteiger partial charge in [0.1, 0.15) is 4.83 Å². The zero-order valence-electron chi connectivity index (χ0n) is 16.3. The summed E-state index contributed by atoms with van der Waals surface area (Å²) in [5.41, 5.74) is 2.90. The highest BCUT2D eigenvalue weighted by Gasteiger charge is 2.31. The summed E-state index contributed by atoms with van der Waals surface area (Å²) in [6.45, 7) is 11.0. The highest BCUT2D eigenvalue weighted by Crippen LogP contribution is 2.38. The number of hydrogen-bond donors (Lipinski definition) is 0. The number of thioether (sulfide) groups is 1. The Morgan fingerprint density at radius 2 is 2.11 bits per heavy atom. The molecule has 142 valence electrons. The summed E-state index contributed by atoms with van der Waals surface area (Å²) in [5, 5.41) is 1.86. The molecule has 0 fully saturated rings. The van der Waals surface area contributed by atoms with Crippen molar-refractivity contribution >= 4 is 33.3 Å². The molecule has 1 aliphatic heterocycles. The van der Waals surface area contributed by atoms with Gasteiger partial charge in [-0.3, -0.25) is 9.36 Å². The summed E-state index contributed by atoms with van der Waals surface area (Å²) >= 11 is 3.23. The van der Waals surface area contributed by atoms with Crippen molar-refractivity contribution in [2.24, 2.45) is 0 Å². The number of rotatable bonds is 3. The monoisotopic (exact) mass is 400 g/mol. The molecular formula is C21H24N2O2S2. The zero-order valence-corrected chi connectivity index (χ0v) is 18.0. The van der Waals surface area contributed by atoms with Crippen LogP contribution in [-0.4, -0.2) is 20.4 Å². The molecule has 4 rings (SSSR count). The van der Waals surface area contributed by atoms with Crippen LogP contribution in [0.25, 0.3) is 15.9 Å². The molecule has 1 aromatic carbocycles. The molecule has 3 aromatic rings. The van der Waals surface area contributed by atoms with Crippen LogP contribution in [0.5, 0.6) is 0 Å². The Kier molecular flexibility index (Phi) is 4.69. The molecule has 0 unspecified atom stereocenters. The van der Waals surface area contributed by atoms with Crippen molar-refractivity contribution < 1.29 is 4.74 Å². The third-order valence-electron chi connectivity index (χ3n) is 4.68. The van der Waals surface area contributed by atoms with Crippen molar-refractivity contribution in [1.29, 1.82) is 0 Å². The van der Waals surface area contributed by atoms with Crippen LogP contribution in [0.1, 0.15) is 43.7 Å². The fourth-order valence-electron chi connectivity index (χ4n) is 3.46. The first kappa shape index (κ1) is 18.7. The second-order valence-electron chi connectivity index (χ2n) is 7.95. The van der Waals surface area contributed by atoms with Crippen LogP contribution in [0.3, 0.4) is 0 Å². The molecule has 0 aliphatic carbocycles. The van der Waals surface area contributed by atoms with Crippen LogP contribution < -0.4 is 5.56 Å². The number of aryl methyl sites for hydroxylation is 1. The first-order valence-electron chi connectivity index (χ1n) is 9.20.